The van der Waals surface area contributed by atoms with Crippen LogP contribution in [0.5, 0.6) is 0 Å². The van der Waals surface area contributed by atoms with Gasteiger partial charge in [0.25, 0.3) is 0 Å². The molecular weight excluding hydrogens is 240 g/mol. The van der Waals surface area contributed by atoms with Crippen LogP contribution in [-0.4, -0.2) is 30.6 Å². The number of likely N-dealkylation sites (tertiary alicyclic amines) is 1. The van der Waals surface area contributed by atoms with Gasteiger partial charge in [-0.25, -0.2) is 0 Å². The van der Waals surface area contributed by atoms with Crippen molar-refractivity contribution >= 4 is 11.3 Å². The molecule has 1 N–H and O–H groups in total. The highest BCUT2D eigenvalue weighted by molar-refractivity contribution is 7.10. The monoisotopic (exact) mass is 266 g/mol. The highest BCUT2D eigenvalue weighted by atomic mass is 32.1. The largest absolute Gasteiger partial charge is 0.314 e. The molecule has 1 unspecified atom stereocenters. The van der Waals surface area contributed by atoms with Crippen LogP contribution >= 0.6 is 11.3 Å². The Bertz CT molecular complexity index is 351. The molecule has 1 aromatic heterocycles. The lowest BCUT2D eigenvalue weighted by Crippen LogP contribution is -2.51. The van der Waals surface area contributed by atoms with Gasteiger partial charge < -0.3 is 5.32 Å². The van der Waals surface area contributed by atoms with Crippen molar-refractivity contribution in [1.82, 2.24) is 10.2 Å². The van der Waals surface area contributed by atoms with Crippen LogP contribution in [0.25, 0.3) is 0 Å². The van der Waals surface area contributed by atoms with E-state index in [9.17, 15) is 0 Å². The fourth-order valence-electron chi connectivity index (χ4n) is 2.94. The minimum absolute atomic E-state index is 0.341. The van der Waals surface area contributed by atoms with Crippen molar-refractivity contribution in [3.63, 3.8) is 0 Å². The van der Waals surface area contributed by atoms with E-state index in [-0.39, 0.29) is 0 Å². The molecule has 3 heteroatoms. The molecule has 0 amide bonds. The first-order valence-electron chi connectivity index (χ1n) is 7.02. The lowest BCUT2D eigenvalue weighted by atomic mass is 9.87. The Morgan fingerprint density at radius 1 is 1.33 bits per heavy atom. The first-order chi connectivity index (χ1) is 8.56. The summed E-state index contributed by atoms with van der Waals surface area (Å²) < 4.78 is 0. The summed E-state index contributed by atoms with van der Waals surface area (Å²) in [6, 6.07) is 5.07. The fraction of sp³-hybridized carbons (Fsp3) is 0.733. The Hall–Kier alpha value is -0.380. The Morgan fingerprint density at radius 3 is 2.44 bits per heavy atom. The molecule has 1 aromatic rings. The van der Waals surface area contributed by atoms with E-state index in [0.717, 1.165) is 0 Å². The molecular formula is C15H26N2S. The van der Waals surface area contributed by atoms with Crippen molar-refractivity contribution in [2.45, 2.75) is 45.2 Å². The van der Waals surface area contributed by atoms with Crippen LogP contribution in [-0.2, 0) is 0 Å². The van der Waals surface area contributed by atoms with Crippen molar-refractivity contribution in [1.29, 1.82) is 0 Å². The van der Waals surface area contributed by atoms with Gasteiger partial charge in [-0.3, -0.25) is 4.90 Å². The van der Waals surface area contributed by atoms with E-state index in [1.54, 1.807) is 0 Å². The average molecular weight is 266 g/mol. The molecule has 18 heavy (non-hydrogen) atoms. The summed E-state index contributed by atoms with van der Waals surface area (Å²) in [7, 11) is 2.09. The van der Waals surface area contributed by atoms with E-state index in [1.807, 2.05) is 11.3 Å². The highest BCUT2D eigenvalue weighted by Crippen LogP contribution is 2.35. The fourth-order valence-corrected chi connectivity index (χ4v) is 3.97. The third-order valence-electron chi connectivity index (χ3n) is 4.36. The molecule has 0 spiro atoms. The molecule has 2 rings (SSSR count). The normalized spacial score (nSPS) is 22.3. The van der Waals surface area contributed by atoms with Crippen LogP contribution in [0.4, 0.5) is 0 Å². The zero-order valence-corrected chi connectivity index (χ0v) is 12.9. The van der Waals surface area contributed by atoms with Gasteiger partial charge in [-0.2, -0.15) is 0 Å². The summed E-state index contributed by atoms with van der Waals surface area (Å²) in [5, 5.41) is 5.68. The maximum atomic E-state index is 3.48. The van der Waals surface area contributed by atoms with E-state index < -0.39 is 0 Å². The Kier molecular flexibility index (Phi) is 4.46. The molecule has 1 atom stereocenters. The summed E-state index contributed by atoms with van der Waals surface area (Å²) in [5.41, 5.74) is 0.341. The van der Waals surface area contributed by atoms with E-state index in [1.165, 1.54) is 30.8 Å². The Labute approximate surface area is 115 Å². The molecule has 1 fully saturated rings. The highest BCUT2D eigenvalue weighted by Gasteiger charge is 2.33. The molecule has 2 nitrogen and oxygen atoms in total. The molecule has 2 heterocycles. The molecule has 0 bridgehead atoms. The van der Waals surface area contributed by atoms with Gasteiger partial charge in [0, 0.05) is 29.5 Å². The second-order valence-corrected chi connectivity index (χ2v) is 7.03. The van der Waals surface area contributed by atoms with Crippen molar-refractivity contribution < 1.29 is 0 Å². The first kappa shape index (κ1) is 14.0. The lowest BCUT2D eigenvalue weighted by Gasteiger charge is -2.43. The number of rotatable bonds is 4. The van der Waals surface area contributed by atoms with Gasteiger partial charge in [0.1, 0.15) is 0 Å². The number of hydrogen-bond acceptors (Lipinski definition) is 3. The second-order valence-electron chi connectivity index (χ2n) is 6.05. The van der Waals surface area contributed by atoms with Crippen LogP contribution in [0.1, 0.15) is 44.5 Å². The minimum atomic E-state index is 0.341. The number of thiophene rings is 1. The summed E-state index contributed by atoms with van der Waals surface area (Å²) in [6.07, 6.45) is 2.50. The van der Waals surface area contributed by atoms with Crippen LogP contribution in [0, 0.1) is 5.92 Å². The van der Waals surface area contributed by atoms with E-state index in [0.29, 0.717) is 17.5 Å². The molecule has 102 valence electrons. The minimum Gasteiger partial charge on any atom is -0.314 e. The summed E-state index contributed by atoms with van der Waals surface area (Å²) in [5.74, 6) is 0.683. The number of nitrogens with one attached hydrogen (secondary N) is 1. The van der Waals surface area contributed by atoms with Crippen molar-refractivity contribution in [3.05, 3.63) is 22.4 Å². The van der Waals surface area contributed by atoms with Gasteiger partial charge in [-0.15, -0.1) is 11.3 Å². The van der Waals surface area contributed by atoms with Crippen LogP contribution in [0.3, 0.4) is 0 Å². The summed E-state index contributed by atoms with van der Waals surface area (Å²) in [4.78, 5) is 4.20. The first-order valence-corrected chi connectivity index (χ1v) is 7.90. The Balaban J connectivity index is 2.06. The SMILES string of the molecule is CNC1(C)CCN(C(c2cccs2)C(C)C)CC1. The Morgan fingerprint density at radius 2 is 2.00 bits per heavy atom. The maximum Gasteiger partial charge on any atom is 0.0464 e. The lowest BCUT2D eigenvalue weighted by molar-refractivity contribution is 0.0885. The average Bonchev–Trinajstić information content (AvgIpc) is 2.85. The third kappa shape index (κ3) is 2.95. The molecule has 0 aromatic carbocycles. The molecule has 0 radical (unpaired) electrons. The van der Waals surface area contributed by atoms with Crippen molar-refractivity contribution in [3.8, 4) is 0 Å². The standard InChI is InChI=1S/C15H26N2S/c1-12(2)14(13-6-5-11-18-13)17-9-7-15(3,16-4)8-10-17/h5-6,11-12,14,16H,7-10H2,1-4H3. The zero-order chi connectivity index (χ0) is 13.2. The van der Waals surface area contributed by atoms with E-state index in [4.69, 9.17) is 0 Å². The maximum absolute atomic E-state index is 3.48. The van der Waals surface area contributed by atoms with Crippen LogP contribution in [0.2, 0.25) is 0 Å². The second kappa shape index (κ2) is 5.72. The van der Waals surface area contributed by atoms with Crippen molar-refractivity contribution in [2.75, 3.05) is 20.1 Å². The molecule has 0 aliphatic carbocycles. The number of piperidine rings is 1. The molecule has 1 aliphatic heterocycles. The van der Waals surface area contributed by atoms with Gasteiger partial charge in [0.2, 0.25) is 0 Å². The van der Waals surface area contributed by atoms with E-state index >= 15 is 0 Å². The summed E-state index contributed by atoms with van der Waals surface area (Å²) in [6.45, 7) is 9.45. The zero-order valence-electron chi connectivity index (χ0n) is 12.1. The molecule has 0 saturated carbocycles. The van der Waals surface area contributed by atoms with Crippen molar-refractivity contribution in [2.24, 2.45) is 5.92 Å². The molecule has 1 saturated heterocycles. The van der Waals surface area contributed by atoms with Gasteiger partial charge >= 0.3 is 0 Å². The predicted octanol–water partition coefficient (Wildman–Crippen LogP) is 3.52. The van der Waals surface area contributed by atoms with Gasteiger partial charge in [-0.05, 0) is 44.2 Å². The van der Waals surface area contributed by atoms with Crippen LogP contribution < -0.4 is 5.32 Å². The smallest absolute Gasteiger partial charge is 0.0464 e. The third-order valence-corrected chi connectivity index (χ3v) is 5.31. The van der Waals surface area contributed by atoms with Gasteiger partial charge in [0.15, 0.2) is 0 Å². The topological polar surface area (TPSA) is 15.3 Å². The number of nitrogens with zero attached hydrogens (tertiary/aromatic N) is 1. The predicted molar refractivity (Wildman–Crippen MR) is 80.2 cm³/mol. The van der Waals surface area contributed by atoms with Crippen LogP contribution in [0.15, 0.2) is 17.5 Å². The van der Waals surface area contributed by atoms with Gasteiger partial charge in [0.05, 0.1) is 0 Å². The van der Waals surface area contributed by atoms with Gasteiger partial charge in [-0.1, -0.05) is 19.9 Å². The number of hydrogen-bond donors (Lipinski definition) is 1. The van der Waals surface area contributed by atoms with E-state index in [2.05, 4.69) is 55.5 Å². The molecule has 1 aliphatic rings. The quantitative estimate of drug-likeness (QED) is 0.897. The summed E-state index contributed by atoms with van der Waals surface area (Å²) >= 11 is 1.90.